The van der Waals surface area contributed by atoms with Crippen LogP contribution in [0.5, 0.6) is 0 Å². The summed E-state index contributed by atoms with van der Waals surface area (Å²) in [7, 11) is 0. The van der Waals surface area contributed by atoms with Crippen molar-refractivity contribution in [3.05, 3.63) is 473 Å². The molecule has 0 spiro atoms. The van der Waals surface area contributed by atoms with Gasteiger partial charge in [-0.05, 0) is 159 Å². The maximum atomic E-state index is 5.08. The van der Waals surface area contributed by atoms with E-state index in [4.69, 9.17) is 29.9 Å². The second kappa shape index (κ2) is 35.8. The van der Waals surface area contributed by atoms with Crippen molar-refractivity contribution in [3.8, 4) is 157 Å². The van der Waals surface area contributed by atoms with Crippen molar-refractivity contribution < 1.29 is 0 Å². The van der Waals surface area contributed by atoms with Crippen molar-refractivity contribution in [2.75, 3.05) is 0 Å². The minimum absolute atomic E-state index is 0.718. The zero-order valence-electron chi connectivity index (χ0n) is 73.8. The molecule has 11 heteroatoms. The molecule has 19 aromatic carbocycles. The maximum Gasteiger partial charge on any atom is 0.160 e. The van der Waals surface area contributed by atoms with E-state index in [9.17, 15) is 0 Å². The molecule has 6 nitrogen and oxygen atoms in total. The average molecular weight is 1840 g/mol. The van der Waals surface area contributed by atoms with Gasteiger partial charge in [0.05, 0.1) is 34.2 Å². The molecule has 0 unspecified atom stereocenters. The van der Waals surface area contributed by atoms with Crippen molar-refractivity contribution in [2.24, 2.45) is 0 Å². The number of nitrogens with zero attached hydrogens (tertiary/aromatic N) is 6. The number of fused-ring (bicyclic) bond motifs is 15. The molecular weight excluding hydrogens is 1760 g/mol. The first-order chi connectivity index (χ1) is 67.8. The fraction of sp³-hybridized carbons (Fsp3) is 0. The third-order valence-corrected chi connectivity index (χ3v) is 31.5. The highest BCUT2D eigenvalue weighted by Gasteiger charge is 2.20. The molecule has 0 atom stereocenters. The first-order valence-electron chi connectivity index (χ1n) is 45.8. The van der Waals surface area contributed by atoms with Crippen molar-refractivity contribution >= 4 is 158 Å². The van der Waals surface area contributed by atoms with Crippen LogP contribution in [-0.4, -0.2) is 29.9 Å². The van der Waals surface area contributed by atoms with Gasteiger partial charge in [-0.1, -0.05) is 370 Å². The van der Waals surface area contributed by atoms with E-state index in [1.165, 1.54) is 156 Å². The Morgan fingerprint density at radius 1 is 0.102 bits per heavy atom. The van der Waals surface area contributed by atoms with Crippen LogP contribution in [0.15, 0.2) is 473 Å². The molecule has 0 aliphatic carbocycles. The molecule has 0 N–H and O–H groups in total. The first kappa shape index (κ1) is 82.4. The van der Waals surface area contributed by atoms with E-state index >= 15 is 0 Å². The van der Waals surface area contributed by atoms with Gasteiger partial charge >= 0.3 is 0 Å². The minimum Gasteiger partial charge on any atom is -0.228 e. The topological polar surface area (TPSA) is 77.3 Å². The Labute approximate surface area is 811 Å². The van der Waals surface area contributed by atoms with Crippen LogP contribution in [0, 0.1) is 0 Å². The van der Waals surface area contributed by atoms with Crippen LogP contribution in [-0.2, 0) is 0 Å². The summed E-state index contributed by atoms with van der Waals surface area (Å²) in [6.45, 7) is 0. The van der Waals surface area contributed by atoms with Gasteiger partial charge in [-0.25, -0.2) is 29.9 Å². The van der Waals surface area contributed by atoms with Crippen LogP contribution in [0.1, 0.15) is 0 Å². The molecule has 0 radical (unpaired) electrons. The first-order valence-corrected chi connectivity index (χ1v) is 49.9. The Bertz CT molecular complexity index is 8840. The normalized spacial score (nSPS) is 11.5. The summed E-state index contributed by atoms with van der Waals surface area (Å²) in [4.78, 5) is 30.2. The molecule has 8 aromatic heterocycles. The van der Waals surface area contributed by atoms with E-state index in [1.807, 2.05) is 129 Å². The van der Waals surface area contributed by atoms with Gasteiger partial charge < -0.3 is 0 Å². The average Bonchev–Trinajstić information content (AvgIpc) is 1.70. The zero-order chi connectivity index (χ0) is 90.6. The Morgan fingerprint density at radius 2 is 0.292 bits per heavy atom. The van der Waals surface area contributed by atoms with Gasteiger partial charge in [-0.15, -0.1) is 56.7 Å². The fourth-order valence-electron chi connectivity index (χ4n) is 18.7. The lowest BCUT2D eigenvalue weighted by molar-refractivity contribution is 1.18. The van der Waals surface area contributed by atoms with Crippen molar-refractivity contribution in [2.45, 2.75) is 0 Å². The summed E-state index contributed by atoms with van der Waals surface area (Å²) in [5.74, 6) is 2.17. The lowest BCUT2D eigenvalue weighted by atomic mass is 9.99. The van der Waals surface area contributed by atoms with E-state index < -0.39 is 0 Å². The van der Waals surface area contributed by atoms with Gasteiger partial charge in [0.15, 0.2) is 17.5 Å². The molecule has 8 heterocycles. The molecule has 0 amide bonds. The SMILES string of the molecule is c1ccc(-c2cc(-c3cccc(-c4ccc5sc6ccccc6c5c4)c3)nc(-c3ccccc3)n2)cc1.c1ccc(-c2nc(-c3ccc(-c4ccc5c(c4)sc4ccccc45)cc3)cc(-c3ccc(-c4ccc5c(c4)sc4ccccc45)cc3)n2)cc1.c1ccc(-c2nc(-c3ccc(-c4ccc5sc6ccccc6c5c4)cc3)cc(-c3ccc(-c4ccc5sc6ccccc6c5c4)cc3)n2)cc1. The molecule has 0 aliphatic rings. The predicted molar refractivity (Wildman–Crippen MR) is 587 cm³/mol. The van der Waals surface area contributed by atoms with E-state index in [0.717, 1.165) is 102 Å². The molecule has 27 rings (SSSR count). The Morgan fingerprint density at radius 3 is 0.606 bits per heavy atom. The molecular formula is C126H78N6S5. The van der Waals surface area contributed by atoms with Crippen LogP contribution in [0.2, 0.25) is 0 Å². The van der Waals surface area contributed by atoms with Gasteiger partial charge in [-0.3, -0.25) is 0 Å². The van der Waals surface area contributed by atoms with Crippen LogP contribution in [0.3, 0.4) is 0 Å². The van der Waals surface area contributed by atoms with E-state index in [-0.39, 0.29) is 0 Å². The number of thiophene rings is 5. The Balaban J connectivity index is 0.000000111. The fourth-order valence-corrected chi connectivity index (χ4v) is 24.3. The molecule has 137 heavy (non-hydrogen) atoms. The van der Waals surface area contributed by atoms with Crippen molar-refractivity contribution in [1.29, 1.82) is 0 Å². The summed E-state index contributed by atoms with van der Waals surface area (Å²) in [6, 6.07) is 168. The largest absolute Gasteiger partial charge is 0.228 e. The van der Waals surface area contributed by atoms with Gasteiger partial charge in [0.1, 0.15) is 0 Å². The van der Waals surface area contributed by atoms with Crippen LogP contribution < -0.4 is 0 Å². The minimum atomic E-state index is 0.718. The van der Waals surface area contributed by atoms with Crippen LogP contribution >= 0.6 is 56.7 Å². The van der Waals surface area contributed by atoms with Gasteiger partial charge in [0.2, 0.25) is 0 Å². The Kier molecular flexibility index (Phi) is 21.5. The maximum absolute atomic E-state index is 5.08. The number of hydrogen-bond acceptors (Lipinski definition) is 11. The summed E-state index contributed by atoms with van der Waals surface area (Å²) < 4.78 is 13.2. The summed E-state index contributed by atoms with van der Waals surface area (Å²) in [6.07, 6.45) is 0. The lowest BCUT2D eigenvalue weighted by Gasteiger charge is -2.11. The molecule has 642 valence electrons. The van der Waals surface area contributed by atoms with Gasteiger partial charge in [0, 0.05) is 151 Å². The van der Waals surface area contributed by atoms with Gasteiger partial charge in [0.25, 0.3) is 0 Å². The predicted octanol–water partition coefficient (Wildman–Crippen LogP) is 36.6. The third kappa shape index (κ3) is 16.4. The van der Waals surface area contributed by atoms with E-state index in [1.54, 1.807) is 0 Å². The summed E-state index contributed by atoms with van der Waals surface area (Å²) in [5.41, 5.74) is 26.8. The van der Waals surface area contributed by atoms with Crippen molar-refractivity contribution in [3.63, 3.8) is 0 Å². The van der Waals surface area contributed by atoms with E-state index in [0.29, 0.717) is 0 Å². The Hall–Kier alpha value is -16.5. The monoisotopic (exact) mass is 1830 g/mol. The summed E-state index contributed by atoms with van der Waals surface area (Å²) >= 11 is 9.26. The second-order valence-electron chi connectivity index (χ2n) is 34.3. The molecule has 27 aromatic rings. The quantitative estimate of drug-likeness (QED) is 0.108. The number of rotatable bonds is 14. The van der Waals surface area contributed by atoms with Crippen LogP contribution in [0.4, 0.5) is 0 Å². The molecule has 0 aliphatic heterocycles. The highest BCUT2D eigenvalue weighted by atomic mass is 32.1. The second-order valence-corrected chi connectivity index (χ2v) is 39.7. The van der Waals surface area contributed by atoms with E-state index in [2.05, 4.69) is 400 Å². The van der Waals surface area contributed by atoms with Crippen molar-refractivity contribution in [1.82, 2.24) is 29.9 Å². The molecule has 0 bridgehead atoms. The number of hydrogen-bond donors (Lipinski definition) is 0. The smallest absolute Gasteiger partial charge is 0.160 e. The zero-order valence-corrected chi connectivity index (χ0v) is 77.8. The standard InChI is InChI=1S/2C46H28N2S2.C34H22N2S/c1-2-8-33(9-3-1)46-47-40(31-18-14-29(15-19-31)34-22-24-44-38(26-34)36-10-4-6-12-42(36)49-44)28-41(48-46)32-20-16-30(17-21-32)35-23-25-45-39(27-35)37-11-5-7-13-43(37)50-45;1-2-8-33(9-3-1)46-47-40(31-18-14-29(15-19-31)34-22-24-38-36-10-4-6-12-42(36)49-44(38)26-34)28-41(48-46)32-20-16-30(17-21-32)35-23-25-39-37-11-5-7-13-43(37)50-45(39)27-35;1-3-10-23(11-4-1)30-22-31(36-34(35-30)24-12-5-2-6-13-24)27-15-9-14-25(20-27)26-18-19-33-29(21-26)28-16-7-8-17-32(28)37-33/h2*1-28H;1-22H. The molecule has 0 saturated heterocycles. The third-order valence-electron chi connectivity index (χ3n) is 25.8. The molecule has 0 fully saturated rings. The van der Waals surface area contributed by atoms with Crippen LogP contribution in [0.25, 0.3) is 258 Å². The number of benzene rings is 19. The highest BCUT2D eigenvalue weighted by Crippen LogP contribution is 2.45. The highest BCUT2D eigenvalue weighted by molar-refractivity contribution is 7.27. The summed E-state index contributed by atoms with van der Waals surface area (Å²) in [5, 5.41) is 13.2. The van der Waals surface area contributed by atoms with Gasteiger partial charge in [-0.2, -0.15) is 0 Å². The number of aromatic nitrogens is 6. The molecule has 0 saturated carbocycles. The lowest BCUT2D eigenvalue weighted by Crippen LogP contribution is -1.96.